The van der Waals surface area contributed by atoms with E-state index in [0.717, 1.165) is 0 Å². The Bertz CT molecular complexity index is 401. The third-order valence-corrected chi connectivity index (χ3v) is 1.68. The molecule has 2 nitrogen and oxygen atoms in total. The normalized spacial score (nSPS) is 9.92. The van der Waals surface area contributed by atoms with Crippen LogP contribution >= 0.6 is 0 Å². The second kappa shape index (κ2) is 3.31. The molecule has 0 aliphatic rings. The van der Waals surface area contributed by atoms with Crippen LogP contribution in [0.2, 0.25) is 0 Å². The number of aromatic nitrogens is 2. The zero-order chi connectivity index (χ0) is 9.10. The molecule has 0 bridgehead atoms. The molecule has 3 heteroatoms. The second-order valence-electron chi connectivity index (χ2n) is 2.51. The fourth-order valence-corrected chi connectivity index (χ4v) is 1.08. The van der Waals surface area contributed by atoms with Gasteiger partial charge in [-0.1, -0.05) is 12.1 Å². The third-order valence-electron chi connectivity index (χ3n) is 1.68. The lowest BCUT2D eigenvalue weighted by molar-refractivity contribution is 0.630. The topological polar surface area (TPSA) is 25.8 Å². The van der Waals surface area contributed by atoms with Crippen molar-refractivity contribution in [3.05, 3.63) is 48.7 Å². The molecule has 0 N–H and O–H groups in total. The molecule has 1 radical (unpaired) electrons. The van der Waals surface area contributed by atoms with Gasteiger partial charge in [-0.3, -0.25) is 0 Å². The summed E-state index contributed by atoms with van der Waals surface area (Å²) in [5.74, 6) is -0.283. The fourth-order valence-electron chi connectivity index (χ4n) is 1.08. The van der Waals surface area contributed by atoms with E-state index in [2.05, 4.69) is 16.2 Å². The van der Waals surface area contributed by atoms with Crippen LogP contribution in [-0.4, -0.2) is 9.97 Å². The van der Waals surface area contributed by atoms with E-state index in [1.54, 1.807) is 24.3 Å². The molecule has 0 aliphatic carbocycles. The lowest BCUT2D eigenvalue weighted by Crippen LogP contribution is -1.87. The summed E-state index contributed by atoms with van der Waals surface area (Å²) in [7, 11) is 0. The number of rotatable bonds is 1. The predicted octanol–water partition coefficient (Wildman–Crippen LogP) is 2.08. The Kier molecular flexibility index (Phi) is 2.00. The largest absolute Gasteiger partial charge is 0.236 e. The molecule has 1 aromatic carbocycles. The highest BCUT2D eigenvalue weighted by Crippen LogP contribution is 2.18. The number of hydrogen-bond donors (Lipinski definition) is 0. The van der Waals surface area contributed by atoms with Crippen molar-refractivity contribution >= 4 is 0 Å². The summed E-state index contributed by atoms with van der Waals surface area (Å²) in [4.78, 5) is 7.57. The van der Waals surface area contributed by atoms with E-state index >= 15 is 0 Å². The van der Waals surface area contributed by atoms with Crippen molar-refractivity contribution in [1.82, 2.24) is 9.97 Å². The van der Waals surface area contributed by atoms with E-state index < -0.39 is 0 Å². The maximum Gasteiger partial charge on any atom is 0.132 e. The first-order valence-electron chi connectivity index (χ1n) is 3.81. The maximum atomic E-state index is 13.2. The summed E-state index contributed by atoms with van der Waals surface area (Å²) >= 11 is 0. The summed E-state index contributed by atoms with van der Waals surface area (Å²) in [5.41, 5.74) is 1.02. The van der Waals surface area contributed by atoms with E-state index in [1.165, 1.54) is 12.4 Å². The first-order chi connectivity index (χ1) is 6.38. The Morgan fingerprint density at radius 1 is 1.23 bits per heavy atom. The van der Waals surface area contributed by atoms with Gasteiger partial charge in [-0.2, -0.15) is 0 Å². The van der Waals surface area contributed by atoms with Crippen molar-refractivity contribution in [1.29, 1.82) is 0 Å². The van der Waals surface area contributed by atoms with Gasteiger partial charge in [-0.15, -0.1) is 0 Å². The monoisotopic (exact) mass is 173 g/mol. The maximum absolute atomic E-state index is 13.2. The standard InChI is InChI=1S/C10H6FN2/c11-9-4-2-1-3-8(9)10-5-6-12-7-13-10/h1-5,7H. The Morgan fingerprint density at radius 2 is 2.08 bits per heavy atom. The molecule has 0 unspecified atom stereocenters. The van der Waals surface area contributed by atoms with Gasteiger partial charge in [0.15, 0.2) is 0 Å². The number of hydrogen-bond acceptors (Lipinski definition) is 2. The summed E-state index contributed by atoms with van der Waals surface area (Å²) < 4.78 is 13.2. The van der Waals surface area contributed by atoms with Gasteiger partial charge in [0.2, 0.25) is 0 Å². The highest BCUT2D eigenvalue weighted by Gasteiger charge is 2.03. The quantitative estimate of drug-likeness (QED) is 0.659. The van der Waals surface area contributed by atoms with Crippen LogP contribution in [0, 0.1) is 12.0 Å². The van der Waals surface area contributed by atoms with Gasteiger partial charge in [-0.05, 0) is 18.2 Å². The van der Waals surface area contributed by atoms with Crippen molar-refractivity contribution < 1.29 is 4.39 Å². The molecule has 2 aromatic rings. The Balaban J connectivity index is 2.54. The smallest absolute Gasteiger partial charge is 0.132 e. The van der Waals surface area contributed by atoms with Crippen molar-refractivity contribution in [2.24, 2.45) is 0 Å². The molecule has 0 atom stereocenters. The molecular formula is C10H6FN2. The number of halogens is 1. The average molecular weight is 173 g/mol. The SMILES string of the molecule is Fc1ccccc1-c1c[c]ncn1. The van der Waals surface area contributed by atoms with Crippen molar-refractivity contribution in [2.45, 2.75) is 0 Å². The zero-order valence-electron chi connectivity index (χ0n) is 6.74. The van der Waals surface area contributed by atoms with Crippen LogP contribution in [-0.2, 0) is 0 Å². The number of benzene rings is 1. The molecule has 1 heterocycles. The first-order valence-corrected chi connectivity index (χ1v) is 3.81. The van der Waals surface area contributed by atoms with Crippen LogP contribution in [0.15, 0.2) is 36.7 Å². The molecule has 0 saturated carbocycles. The number of nitrogens with zero attached hydrogens (tertiary/aromatic N) is 2. The Labute approximate surface area is 75.1 Å². The average Bonchev–Trinajstić information content (AvgIpc) is 2.20. The van der Waals surface area contributed by atoms with Crippen molar-refractivity contribution in [3.63, 3.8) is 0 Å². The molecular weight excluding hydrogens is 167 g/mol. The molecule has 0 saturated heterocycles. The van der Waals surface area contributed by atoms with Gasteiger partial charge in [0.05, 0.1) is 11.9 Å². The van der Waals surface area contributed by atoms with Crippen molar-refractivity contribution in [2.75, 3.05) is 0 Å². The molecule has 2 rings (SSSR count). The molecule has 1 aromatic heterocycles. The lowest BCUT2D eigenvalue weighted by atomic mass is 10.1. The van der Waals surface area contributed by atoms with Crippen LogP contribution < -0.4 is 0 Å². The first kappa shape index (κ1) is 7.86. The minimum atomic E-state index is -0.283. The van der Waals surface area contributed by atoms with Crippen LogP contribution in [0.1, 0.15) is 0 Å². The van der Waals surface area contributed by atoms with Crippen LogP contribution in [0.25, 0.3) is 11.3 Å². The highest BCUT2D eigenvalue weighted by atomic mass is 19.1. The van der Waals surface area contributed by atoms with Gasteiger partial charge in [0, 0.05) is 5.56 Å². The van der Waals surface area contributed by atoms with Crippen molar-refractivity contribution in [3.8, 4) is 11.3 Å². The third kappa shape index (κ3) is 1.54. The lowest BCUT2D eigenvalue weighted by Gasteiger charge is -1.99. The fraction of sp³-hybridized carbons (Fsp3) is 0. The Morgan fingerprint density at radius 3 is 2.77 bits per heavy atom. The van der Waals surface area contributed by atoms with Crippen LogP contribution in [0.3, 0.4) is 0 Å². The summed E-state index contributed by atoms with van der Waals surface area (Å²) in [6.45, 7) is 0. The summed E-state index contributed by atoms with van der Waals surface area (Å²) in [6.07, 6.45) is 3.96. The molecule has 0 aliphatic heterocycles. The molecule has 0 spiro atoms. The second-order valence-corrected chi connectivity index (χ2v) is 2.51. The van der Waals surface area contributed by atoms with Gasteiger partial charge in [0.25, 0.3) is 0 Å². The van der Waals surface area contributed by atoms with E-state index in [4.69, 9.17) is 0 Å². The van der Waals surface area contributed by atoms with Gasteiger partial charge in [-0.25, -0.2) is 14.4 Å². The van der Waals surface area contributed by atoms with E-state index in [-0.39, 0.29) is 5.82 Å². The molecule has 13 heavy (non-hydrogen) atoms. The Hall–Kier alpha value is -1.77. The van der Waals surface area contributed by atoms with E-state index in [9.17, 15) is 4.39 Å². The molecule has 0 amide bonds. The van der Waals surface area contributed by atoms with Crippen LogP contribution in [0.4, 0.5) is 4.39 Å². The molecule has 63 valence electrons. The summed E-state index contributed by atoms with van der Waals surface area (Å²) in [6, 6.07) is 8.03. The summed E-state index contributed by atoms with van der Waals surface area (Å²) in [5, 5.41) is 0. The van der Waals surface area contributed by atoms with E-state index in [0.29, 0.717) is 11.3 Å². The van der Waals surface area contributed by atoms with Gasteiger partial charge >= 0.3 is 0 Å². The zero-order valence-corrected chi connectivity index (χ0v) is 6.74. The minimum Gasteiger partial charge on any atom is -0.236 e. The van der Waals surface area contributed by atoms with Gasteiger partial charge in [0.1, 0.15) is 12.1 Å². The highest BCUT2D eigenvalue weighted by molar-refractivity contribution is 5.58. The van der Waals surface area contributed by atoms with Crippen LogP contribution in [0.5, 0.6) is 0 Å². The van der Waals surface area contributed by atoms with Gasteiger partial charge < -0.3 is 0 Å². The molecule has 0 fully saturated rings. The van der Waals surface area contributed by atoms with E-state index in [1.807, 2.05) is 0 Å². The predicted molar refractivity (Wildman–Crippen MR) is 46.3 cm³/mol. The minimum absolute atomic E-state index is 0.283.